The summed E-state index contributed by atoms with van der Waals surface area (Å²) in [5, 5.41) is 3.62. The Kier molecular flexibility index (Phi) is 3.37. The van der Waals surface area contributed by atoms with Crippen LogP contribution in [0.2, 0.25) is 0 Å². The largest absolute Gasteiger partial charge is 0.347 e. The van der Waals surface area contributed by atoms with Crippen LogP contribution in [-0.4, -0.2) is 64.6 Å². The van der Waals surface area contributed by atoms with E-state index in [1.807, 2.05) is 6.33 Å². The number of aromatic amines is 1. The molecular formula is C14H25N5. The Morgan fingerprint density at radius 2 is 2.26 bits per heavy atom. The zero-order valence-corrected chi connectivity index (χ0v) is 12.2. The SMILES string of the molecule is CN1CCN(CC2Cc3nc[nH]c3CN2)CC1(C)C. The van der Waals surface area contributed by atoms with Crippen molar-refractivity contribution >= 4 is 0 Å². The third-order valence-corrected chi connectivity index (χ3v) is 4.69. The van der Waals surface area contributed by atoms with Crippen molar-refractivity contribution in [2.45, 2.75) is 38.4 Å². The Bertz CT molecular complexity index is 439. The summed E-state index contributed by atoms with van der Waals surface area (Å²) in [4.78, 5) is 12.7. The highest BCUT2D eigenvalue weighted by molar-refractivity contribution is 5.16. The number of H-pyrrole nitrogens is 1. The molecule has 0 radical (unpaired) electrons. The van der Waals surface area contributed by atoms with Crippen LogP contribution in [0.5, 0.6) is 0 Å². The zero-order valence-electron chi connectivity index (χ0n) is 12.2. The predicted octanol–water partition coefficient (Wildman–Crippen LogP) is 0.450. The number of rotatable bonds is 2. The Labute approximate surface area is 115 Å². The van der Waals surface area contributed by atoms with Gasteiger partial charge in [-0.25, -0.2) is 4.98 Å². The van der Waals surface area contributed by atoms with Crippen molar-refractivity contribution in [3.8, 4) is 0 Å². The fourth-order valence-corrected chi connectivity index (χ4v) is 3.17. The number of imidazole rings is 1. The smallest absolute Gasteiger partial charge is 0.0925 e. The maximum absolute atomic E-state index is 4.42. The summed E-state index contributed by atoms with van der Waals surface area (Å²) in [7, 11) is 2.23. The first-order chi connectivity index (χ1) is 9.04. The molecule has 1 fully saturated rings. The molecule has 0 amide bonds. The van der Waals surface area contributed by atoms with Crippen LogP contribution >= 0.6 is 0 Å². The second-order valence-electron chi connectivity index (χ2n) is 6.58. The highest BCUT2D eigenvalue weighted by Crippen LogP contribution is 2.20. The van der Waals surface area contributed by atoms with E-state index >= 15 is 0 Å². The first-order valence-corrected chi connectivity index (χ1v) is 7.23. The number of nitrogens with zero attached hydrogens (tertiary/aromatic N) is 3. The van der Waals surface area contributed by atoms with Crippen molar-refractivity contribution in [3.05, 3.63) is 17.7 Å². The Morgan fingerprint density at radius 3 is 3.05 bits per heavy atom. The van der Waals surface area contributed by atoms with Gasteiger partial charge in [-0.1, -0.05) is 0 Å². The molecule has 1 unspecified atom stereocenters. The van der Waals surface area contributed by atoms with Crippen molar-refractivity contribution < 1.29 is 0 Å². The quantitative estimate of drug-likeness (QED) is 0.813. The minimum absolute atomic E-state index is 0.282. The van der Waals surface area contributed by atoms with Crippen molar-refractivity contribution in [2.24, 2.45) is 0 Å². The molecular weight excluding hydrogens is 238 g/mol. The number of fused-ring (bicyclic) bond motifs is 1. The van der Waals surface area contributed by atoms with E-state index in [0.717, 1.165) is 32.6 Å². The van der Waals surface area contributed by atoms with Crippen LogP contribution in [0, 0.1) is 0 Å². The van der Waals surface area contributed by atoms with Gasteiger partial charge in [-0.15, -0.1) is 0 Å². The van der Waals surface area contributed by atoms with Gasteiger partial charge in [0.25, 0.3) is 0 Å². The first-order valence-electron chi connectivity index (χ1n) is 7.23. The number of piperazine rings is 1. The van der Waals surface area contributed by atoms with E-state index < -0.39 is 0 Å². The zero-order chi connectivity index (χ0) is 13.5. The van der Waals surface area contributed by atoms with Crippen molar-refractivity contribution in [2.75, 3.05) is 33.2 Å². The molecule has 1 atom stereocenters. The molecule has 3 heterocycles. The molecule has 5 nitrogen and oxygen atoms in total. The van der Waals surface area contributed by atoms with Gasteiger partial charge in [-0.05, 0) is 20.9 Å². The first kappa shape index (κ1) is 13.1. The molecule has 5 heteroatoms. The summed E-state index contributed by atoms with van der Waals surface area (Å²) in [6, 6.07) is 0.537. The van der Waals surface area contributed by atoms with E-state index in [2.05, 4.69) is 46.0 Å². The maximum Gasteiger partial charge on any atom is 0.0925 e. The van der Waals surface area contributed by atoms with Crippen molar-refractivity contribution in [1.82, 2.24) is 25.1 Å². The number of likely N-dealkylation sites (N-methyl/N-ethyl adjacent to an activating group) is 1. The van der Waals surface area contributed by atoms with Gasteiger partial charge in [0.1, 0.15) is 0 Å². The number of hydrogen-bond donors (Lipinski definition) is 2. The maximum atomic E-state index is 4.42. The molecule has 1 saturated heterocycles. The summed E-state index contributed by atoms with van der Waals surface area (Å²) >= 11 is 0. The molecule has 0 spiro atoms. The minimum atomic E-state index is 0.282. The molecule has 2 aliphatic heterocycles. The van der Waals surface area contributed by atoms with E-state index in [4.69, 9.17) is 0 Å². The van der Waals surface area contributed by atoms with Crippen molar-refractivity contribution in [1.29, 1.82) is 0 Å². The Morgan fingerprint density at radius 1 is 1.42 bits per heavy atom. The summed E-state index contributed by atoms with van der Waals surface area (Å²) in [5.74, 6) is 0. The van der Waals surface area contributed by atoms with Gasteiger partial charge in [0, 0.05) is 50.7 Å². The van der Waals surface area contributed by atoms with E-state index in [0.29, 0.717) is 6.04 Å². The fraction of sp³-hybridized carbons (Fsp3) is 0.786. The molecule has 1 aromatic heterocycles. The van der Waals surface area contributed by atoms with Crippen LogP contribution in [0.1, 0.15) is 25.2 Å². The van der Waals surface area contributed by atoms with Gasteiger partial charge in [0.15, 0.2) is 0 Å². The number of aromatic nitrogens is 2. The van der Waals surface area contributed by atoms with Gasteiger partial charge in [0.05, 0.1) is 17.7 Å². The molecule has 0 saturated carbocycles. The number of hydrogen-bond acceptors (Lipinski definition) is 4. The van der Waals surface area contributed by atoms with Crippen LogP contribution in [0.25, 0.3) is 0 Å². The topological polar surface area (TPSA) is 47.2 Å². The lowest BCUT2D eigenvalue weighted by Crippen LogP contribution is -2.59. The molecule has 2 aliphatic rings. The molecule has 0 bridgehead atoms. The molecule has 0 aromatic carbocycles. The molecule has 1 aromatic rings. The van der Waals surface area contributed by atoms with Crippen LogP contribution in [0.3, 0.4) is 0 Å². The average molecular weight is 263 g/mol. The van der Waals surface area contributed by atoms with E-state index in [-0.39, 0.29) is 5.54 Å². The molecule has 2 N–H and O–H groups in total. The van der Waals surface area contributed by atoms with Crippen molar-refractivity contribution in [3.63, 3.8) is 0 Å². The second-order valence-corrected chi connectivity index (χ2v) is 6.58. The molecule has 106 valence electrons. The molecule has 3 rings (SSSR count). The minimum Gasteiger partial charge on any atom is -0.347 e. The highest BCUT2D eigenvalue weighted by atomic mass is 15.3. The third kappa shape index (κ3) is 2.68. The predicted molar refractivity (Wildman–Crippen MR) is 76.1 cm³/mol. The van der Waals surface area contributed by atoms with Gasteiger partial charge in [-0.2, -0.15) is 0 Å². The van der Waals surface area contributed by atoms with E-state index in [1.54, 1.807) is 0 Å². The lowest BCUT2D eigenvalue weighted by Gasteiger charge is -2.46. The van der Waals surface area contributed by atoms with Gasteiger partial charge < -0.3 is 10.3 Å². The number of nitrogens with one attached hydrogen (secondary N) is 2. The van der Waals surface area contributed by atoms with E-state index in [9.17, 15) is 0 Å². The van der Waals surface area contributed by atoms with E-state index in [1.165, 1.54) is 17.9 Å². The standard InChI is InChI=1S/C14H25N5/c1-14(2)9-19(5-4-18(14)3)8-11-6-12-13(7-15-11)17-10-16-12/h10-11,15H,4-9H2,1-3H3,(H,16,17). The summed E-state index contributed by atoms with van der Waals surface area (Å²) in [5.41, 5.74) is 2.79. The third-order valence-electron chi connectivity index (χ3n) is 4.69. The van der Waals surface area contributed by atoms with Crippen LogP contribution in [-0.2, 0) is 13.0 Å². The fourth-order valence-electron chi connectivity index (χ4n) is 3.17. The van der Waals surface area contributed by atoms with Gasteiger partial charge in [0.2, 0.25) is 0 Å². The summed E-state index contributed by atoms with van der Waals surface area (Å²) in [6.45, 7) is 10.2. The summed E-state index contributed by atoms with van der Waals surface area (Å²) in [6.07, 6.45) is 2.86. The van der Waals surface area contributed by atoms with Crippen LogP contribution in [0.4, 0.5) is 0 Å². The van der Waals surface area contributed by atoms with Crippen LogP contribution in [0.15, 0.2) is 6.33 Å². The Balaban J connectivity index is 1.58. The Hall–Kier alpha value is -0.910. The van der Waals surface area contributed by atoms with Crippen LogP contribution < -0.4 is 5.32 Å². The van der Waals surface area contributed by atoms with Gasteiger partial charge in [-0.3, -0.25) is 9.80 Å². The summed E-state index contributed by atoms with van der Waals surface area (Å²) < 4.78 is 0. The normalized spacial score (nSPS) is 28.3. The second kappa shape index (κ2) is 4.89. The highest BCUT2D eigenvalue weighted by Gasteiger charge is 2.32. The monoisotopic (exact) mass is 263 g/mol. The van der Waals surface area contributed by atoms with Gasteiger partial charge >= 0.3 is 0 Å². The molecule has 0 aliphatic carbocycles. The molecule has 19 heavy (non-hydrogen) atoms. The average Bonchev–Trinajstić information content (AvgIpc) is 2.81. The lowest BCUT2D eigenvalue weighted by molar-refractivity contribution is 0.0347. The lowest BCUT2D eigenvalue weighted by atomic mass is 9.98.